The third-order valence-electron chi connectivity index (χ3n) is 2.89. The molecule has 0 rings (SSSR count). The summed E-state index contributed by atoms with van der Waals surface area (Å²) in [4.78, 5) is 0. The lowest BCUT2D eigenvalue weighted by atomic mass is 10.00. The Balaban J connectivity index is 3.54. The molecule has 0 amide bonds. The molecule has 92 valence electrons. The average Bonchev–Trinajstić information content (AvgIpc) is 2.22. The lowest BCUT2D eigenvalue weighted by Gasteiger charge is -2.18. The van der Waals surface area contributed by atoms with Gasteiger partial charge in [-0.25, -0.2) is 0 Å². The second kappa shape index (κ2) is 9.13. The van der Waals surface area contributed by atoms with Gasteiger partial charge in [-0.05, 0) is 32.1 Å². The number of nitrogens with one attached hydrogen (secondary N) is 1. The number of hydrogen-bond donors (Lipinski definition) is 2. The van der Waals surface area contributed by atoms with Crippen molar-refractivity contribution >= 4 is 0 Å². The maximum absolute atomic E-state index is 5.53. The summed E-state index contributed by atoms with van der Waals surface area (Å²) in [6, 6.07) is 0.446. The predicted octanol–water partition coefficient (Wildman–Crippen LogP) is 2.46. The molecule has 0 aliphatic carbocycles. The molecule has 0 aromatic heterocycles. The molecule has 0 aromatic rings. The second-order valence-corrected chi connectivity index (χ2v) is 4.81. The smallest absolute Gasteiger partial charge is 0.0543 e. The number of hydrogen-bond acceptors (Lipinski definition) is 3. The molecule has 0 radical (unpaired) electrons. The zero-order valence-electron chi connectivity index (χ0n) is 10.8. The monoisotopic (exact) mass is 216 g/mol. The minimum Gasteiger partial charge on any atom is -0.382 e. The van der Waals surface area contributed by atoms with Crippen molar-refractivity contribution in [2.24, 2.45) is 11.8 Å². The van der Waals surface area contributed by atoms with E-state index in [0.29, 0.717) is 12.1 Å². The number of methoxy groups -OCH3 is 1. The molecule has 2 unspecified atom stereocenters. The first-order valence-corrected chi connectivity index (χ1v) is 6.09. The third-order valence-corrected chi connectivity index (χ3v) is 2.89. The van der Waals surface area contributed by atoms with E-state index in [2.05, 4.69) is 26.2 Å². The van der Waals surface area contributed by atoms with E-state index < -0.39 is 0 Å². The van der Waals surface area contributed by atoms with Crippen LogP contribution in [0, 0.1) is 5.92 Å². The highest BCUT2D eigenvalue weighted by molar-refractivity contribution is 4.66. The number of rotatable bonds is 9. The van der Waals surface area contributed by atoms with Crippen LogP contribution in [-0.4, -0.2) is 19.3 Å². The molecule has 0 saturated carbocycles. The summed E-state index contributed by atoms with van der Waals surface area (Å²) in [5.41, 5.74) is 2.90. The van der Waals surface area contributed by atoms with Crippen LogP contribution in [0.2, 0.25) is 0 Å². The van der Waals surface area contributed by atoms with E-state index in [0.717, 1.165) is 18.8 Å². The first-order chi connectivity index (χ1) is 7.10. The molecule has 0 bridgehead atoms. The van der Waals surface area contributed by atoms with Crippen LogP contribution >= 0.6 is 0 Å². The molecule has 0 heterocycles. The molecule has 2 atom stereocenters. The molecular weight excluding hydrogens is 188 g/mol. The van der Waals surface area contributed by atoms with Gasteiger partial charge >= 0.3 is 0 Å². The Morgan fingerprint density at radius 2 is 1.73 bits per heavy atom. The average molecular weight is 216 g/mol. The van der Waals surface area contributed by atoms with Crippen LogP contribution in [0.3, 0.4) is 0 Å². The van der Waals surface area contributed by atoms with E-state index in [1.54, 1.807) is 7.11 Å². The normalized spacial score (nSPS) is 15.6. The van der Waals surface area contributed by atoms with E-state index in [9.17, 15) is 0 Å². The Labute approximate surface area is 94.7 Å². The van der Waals surface area contributed by atoms with E-state index in [1.165, 1.54) is 19.3 Å². The van der Waals surface area contributed by atoms with E-state index in [1.807, 2.05) is 0 Å². The van der Waals surface area contributed by atoms with Crippen molar-refractivity contribution in [2.75, 3.05) is 7.11 Å². The van der Waals surface area contributed by atoms with Gasteiger partial charge in [-0.3, -0.25) is 11.3 Å². The maximum Gasteiger partial charge on any atom is 0.0543 e. The lowest BCUT2D eigenvalue weighted by molar-refractivity contribution is 0.105. The summed E-state index contributed by atoms with van der Waals surface area (Å²) in [6.45, 7) is 6.62. The molecule has 0 aliphatic rings. The largest absolute Gasteiger partial charge is 0.382 e. The van der Waals surface area contributed by atoms with Gasteiger partial charge in [0.25, 0.3) is 0 Å². The highest BCUT2D eigenvalue weighted by atomic mass is 16.5. The predicted molar refractivity (Wildman–Crippen MR) is 65.5 cm³/mol. The minimum absolute atomic E-state index is 0.339. The first kappa shape index (κ1) is 14.9. The summed E-state index contributed by atoms with van der Waals surface area (Å²) in [6.07, 6.45) is 6.24. The molecule has 15 heavy (non-hydrogen) atoms. The zero-order chi connectivity index (χ0) is 11.7. The van der Waals surface area contributed by atoms with Crippen LogP contribution in [0.1, 0.15) is 52.9 Å². The standard InChI is InChI=1S/C12H28N2O/c1-10(2)6-5-7-12(14-13)9-8-11(3)15-4/h10-12,14H,5-9,13H2,1-4H3. The third kappa shape index (κ3) is 8.85. The van der Waals surface area contributed by atoms with Crippen molar-refractivity contribution in [3.05, 3.63) is 0 Å². The van der Waals surface area contributed by atoms with E-state index >= 15 is 0 Å². The SMILES string of the molecule is COC(C)CCC(CCCC(C)C)NN. The number of ether oxygens (including phenoxy) is 1. The van der Waals surface area contributed by atoms with Crippen molar-refractivity contribution < 1.29 is 4.74 Å². The molecular formula is C12H28N2O. The van der Waals surface area contributed by atoms with Gasteiger partial charge in [0.2, 0.25) is 0 Å². The summed E-state index contributed by atoms with van der Waals surface area (Å²) in [7, 11) is 1.76. The summed E-state index contributed by atoms with van der Waals surface area (Å²) in [5, 5.41) is 0. The number of hydrazine groups is 1. The van der Waals surface area contributed by atoms with Crippen molar-refractivity contribution in [1.82, 2.24) is 5.43 Å². The van der Waals surface area contributed by atoms with Gasteiger partial charge in [0.15, 0.2) is 0 Å². The van der Waals surface area contributed by atoms with Crippen LogP contribution in [0.5, 0.6) is 0 Å². The Bertz CT molecular complexity index is 140. The molecule has 0 saturated heterocycles. The Hall–Kier alpha value is -0.120. The van der Waals surface area contributed by atoms with Gasteiger partial charge in [-0.1, -0.05) is 26.7 Å². The van der Waals surface area contributed by atoms with E-state index in [-0.39, 0.29) is 0 Å². The van der Waals surface area contributed by atoms with Crippen molar-refractivity contribution in [2.45, 2.75) is 65.0 Å². The van der Waals surface area contributed by atoms with Crippen LogP contribution in [-0.2, 0) is 4.74 Å². The molecule has 3 N–H and O–H groups in total. The van der Waals surface area contributed by atoms with Gasteiger partial charge in [0, 0.05) is 13.2 Å². The van der Waals surface area contributed by atoms with Crippen molar-refractivity contribution in [3.63, 3.8) is 0 Å². The zero-order valence-corrected chi connectivity index (χ0v) is 10.8. The van der Waals surface area contributed by atoms with Crippen LogP contribution in [0.15, 0.2) is 0 Å². The topological polar surface area (TPSA) is 47.3 Å². The maximum atomic E-state index is 5.53. The molecule has 0 spiro atoms. The van der Waals surface area contributed by atoms with Crippen LogP contribution in [0.4, 0.5) is 0 Å². The quantitative estimate of drug-likeness (QED) is 0.460. The highest BCUT2D eigenvalue weighted by Crippen LogP contribution is 2.12. The van der Waals surface area contributed by atoms with Crippen LogP contribution in [0.25, 0.3) is 0 Å². The van der Waals surface area contributed by atoms with Crippen molar-refractivity contribution in [1.29, 1.82) is 0 Å². The van der Waals surface area contributed by atoms with Crippen molar-refractivity contribution in [3.8, 4) is 0 Å². The summed E-state index contributed by atoms with van der Waals surface area (Å²) >= 11 is 0. The molecule has 0 fully saturated rings. The van der Waals surface area contributed by atoms with Gasteiger partial charge in [0.05, 0.1) is 6.10 Å². The minimum atomic E-state index is 0.339. The van der Waals surface area contributed by atoms with Gasteiger partial charge < -0.3 is 4.74 Å². The van der Waals surface area contributed by atoms with Gasteiger partial charge in [-0.2, -0.15) is 0 Å². The fourth-order valence-electron chi connectivity index (χ4n) is 1.64. The lowest BCUT2D eigenvalue weighted by Crippen LogP contribution is -2.35. The Kier molecular flexibility index (Phi) is 9.06. The van der Waals surface area contributed by atoms with Gasteiger partial charge in [0.1, 0.15) is 0 Å². The van der Waals surface area contributed by atoms with E-state index in [4.69, 9.17) is 10.6 Å². The summed E-state index contributed by atoms with van der Waals surface area (Å²) in [5.74, 6) is 6.32. The Morgan fingerprint density at radius 3 is 2.20 bits per heavy atom. The van der Waals surface area contributed by atoms with Crippen LogP contribution < -0.4 is 11.3 Å². The molecule has 3 nitrogen and oxygen atoms in total. The first-order valence-electron chi connectivity index (χ1n) is 6.09. The molecule has 0 aliphatic heterocycles. The fraction of sp³-hybridized carbons (Fsp3) is 1.00. The Morgan fingerprint density at radius 1 is 1.07 bits per heavy atom. The fourth-order valence-corrected chi connectivity index (χ4v) is 1.64. The summed E-state index contributed by atoms with van der Waals surface area (Å²) < 4.78 is 5.22. The van der Waals surface area contributed by atoms with Gasteiger partial charge in [-0.15, -0.1) is 0 Å². The molecule has 3 heteroatoms. The highest BCUT2D eigenvalue weighted by Gasteiger charge is 2.09. The molecule has 0 aromatic carbocycles. The second-order valence-electron chi connectivity index (χ2n) is 4.81. The number of nitrogens with two attached hydrogens (primary N) is 1.